The monoisotopic (exact) mass is 365 g/mol. The molecule has 0 spiro atoms. The molecular formula is C24H31NO2. The van der Waals surface area contributed by atoms with Crippen molar-refractivity contribution in [3.8, 4) is 0 Å². The molecule has 0 heterocycles. The Morgan fingerprint density at radius 2 is 1.33 bits per heavy atom. The molecule has 3 rings (SSSR count). The fourth-order valence-electron chi connectivity index (χ4n) is 3.72. The van der Waals surface area contributed by atoms with Gasteiger partial charge in [0.2, 0.25) is 0 Å². The molecule has 27 heavy (non-hydrogen) atoms. The van der Waals surface area contributed by atoms with Crippen LogP contribution in [0.15, 0.2) is 73.5 Å². The van der Waals surface area contributed by atoms with E-state index in [2.05, 4.69) is 72.1 Å². The van der Waals surface area contributed by atoms with E-state index in [4.69, 9.17) is 9.47 Å². The average Bonchev–Trinajstić information content (AvgIpc) is 2.71. The minimum Gasteiger partial charge on any atom is -0.499 e. The van der Waals surface area contributed by atoms with Gasteiger partial charge in [0, 0.05) is 19.6 Å². The van der Waals surface area contributed by atoms with Crippen molar-refractivity contribution in [2.45, 2.75) is 51.0 Å². The fourth-order valence-corrected chi connectivity index (χ4v) is 3.72. The van der Waals surface area contributed by atoms with Gasteiger partial charge in [0.15, 0.2) is 0 Å². The van der Waals surface area contributed by atoms with Gasteiger partial charge in [-0.3, -0.25) is 4.90 Å². The maximum Gasteiger partial charge on any atom is 0.0980 e. The van der Waals surface area contributed by atoms with E-state index in [0.717, 1.165) is 51.9 Å². The molecule has 0 N–H and O–H groups in total. The maximum atomic E-state index is 6.19. The van der Waals surface area contributed by atoms with Crippen LogP contribution in [0.3, 0.4) is 0 Å². The van der Waals surface area contributed by atoms with Crippen molar-refractivity contribution in [1.29, 1.82) is 0 Å². The van der Waals surface area contributed by atoms with E-state index in [-0.39, 0.29) is 0 Å². The summed E-state index contributed by atoms with van der Waals surface area (Å²) in [5.74, 6) is 0. The maximum absolute atomic E-state index is 6.19. The molecule has 1 aliphatic carbocycles. The van der Waals surface area contributed by atoms with E-state index < -0.39 is 0 Å². The van der Waals surface area contributed by atoms with Gasteiger partial charge < -0.3 is 9.47 Å². The SMILES string of the molecule is C=CO[C@H]1CC[C@H](OCCN(Cc2ccccc2)Cc2ccccc2)CC1. The summed E-state index contributed by atoms with van der Waals surface area (Å²) in [5.41, 5.74) is 2.69. The van der Waals surface area contributed by atoms with Crippen LogP contribution in [0.4, 0.5) is 0 Å². The highest BCUT2D eigenvalue weighted by Gasteiger charge is 2.22. The van der Waals surface area contributed by atoms with Crippen molar-refractivity contribution in [3.63, 3.8) is 0 Å². The highest BCUT2D eigenvalue weighted by Crippen LogP contribution is 2.23. The summed E-state index contributed by atoms with van der Waals surface area (Å²) >= 11 is 0. The van der Waals surface area contributed by atoms with Crippen molar-refractivity contribution < 1.29 is 9.47 Å². The first-order valence-electron chi connectivity index (χ1n) is 10.0. The molecule has 0 aromatic heterocycles. The molecule has 0 amide bonds. The zero-order valence-electron chi connectivity index (χ0n) is 16.1. The Kier molecular flexibility index (Phi) is 7.94. The third-order valence-corrected chi connectivity index (χ3v) is 5.17. The molecule has 1 aliphatic rings. The highest BCUT2D eigenvalue weighted by atomic mass is 16.5. The Hall–Kier alpha value is -2.10. The lowest BCUT2D eigenvalue weighted by Crippen LogP contribution is -2.30. The summed E-state index contributed by atoms with van der Waals surface area (Å²) in [5, 5.41) is 0. The van der Waals surface area contributed by atoms with Crippen LogP contribution in [0.25, 0.3) is 0 Å². The molecule has 0 atom stereocenters. The van der Waals surface area contributed by atoms with Crippen molar-refractivity contribution in [2.75, 3.05) is 13.2 Å². The Morgan fingerprint density at radius 3 is 1.85 bits per heavy atom. The Labute approximate surface area is 163 Å². The van der Waals surface area contributed by atoms with E-state index >= 15 is 0 Å². The third-order valence-electron chi connectivity index (χ3n) is 5.17. The number of nitrogens with zero attached hydrogens (tertiary/aromatic N) is 1. The Bertz CT molecular complexity index is 609. The predicted molar refractivity (Wildman–Crippen MR) is 110 cm³/mol. The second-order valence-electron chi connectivity index (χ2n) is 7.25. The van der Waals surface area contributed by atoms with E-state index in [0.29, 0.717) is 12.2 Å². The standard InChI is InChI=1S/C24H31NO2/c1-2-26-23-13-15-24(16-14-23)27-18-17-25(19-21-9-5-3-6-10-21)20-22-11-7-4-8-12-22/h2-12,23-24H,1,13-20H2/t23-,24-. The van der Waals surface area contributed by atoms with Gasteiger partial charge in [-0.25, -0.2) is 0 Å². The molecule has 1 fully saturated rings. The van der Waals surface area contributed by atoms with Gasteiger partial charge in [-0.05, 0) is 36.8 Å². The molecule has 3 heteroatoms. The van der Waals surface area contributed by atoms with Crippen LogP contribution in [0.2, 0.25) is 0 Å². The molecule has 0 saturated heterocycles. The molecule has 144 valence electrons. The van der Waals surface area contributed by atoms with Crippen molar-refractivity contribution in [2.24, 2.45) is 0 Å². The normalized spacial score (nSPS) is 19.7. The van der Waals surface area contributed by atoms with Gasteiger partial charge in [0.1, 0.15) is 0 Å². The van der Waals surface area contributed by atoms with E-state index in [1.807, 2.05) is 0 Å². The topological polar surface area (TPSA) is 21.7 Å². The molecule has 0 aliphatic heterocycles. The molecular weight excluding hydrogens is 334 g/mol. The zero-order valence-corrected chi connectivity index (χ0v) is 16.1. The number of benzene rings is 2. The number of rotatable bonds is 10. The van der Waals surface area contributed by atoms with E-state index in [9.17, 15) is 0 Å². The minimum atomic E-state index is 0.329. The fraction of sp³-hybridized carbons (Fsp3) is 0.417. The van der Waals surface area contributed by atoms with Crippen molar-refractivity contribution >= 4 is 0 Å². The quantitative estimate of drug-likeness (QED) is 0.542. The first-order valence-corrected chi connectivity index (χ1v) is 10.0. The van der Waals surface area contributed by atoms with Crippen LogP contribution in [-0.4, -0.2) is 30.3 Å². The van der Waals surface area contributed by atoms with Crippen molar-refractivity contribution in [3.05, 3.63) is 84.6 Å². The molecule has 2 aromatic carbocycles. The summed E-state index contributed by atoms with van der Waals surface area (Å²) in [6.07, 6.45) is 6.55. The number of hydrogen-bond acceptors (Lipinski definition) is 3. The predicted octanol–water partition coefficient (Wildman–Crippen LogP) is 5.18. The Balaban J connectivity index is 1.48. The summed E-state index contributed by atoms with van der Waals surface area (Å²) in [6, 6.07) is 21.3. The lowest BCUT2D eigenvalue weighted by atomic mass is 9.95. The lowest BCUT2D eigenvalue weighted by molar-refractivity contribution is -0.0150. The van der Waals surface area contributed by atoms with E-state index in [1.165, 1.54) is 11.1 Å². The van der Waals surface area contributed by atoms with Gasteiger partial charge in [-0.1, -0.05) is 67.2 Å². The second-order valence-corrected chi connectivity index (χ2v) is 7.25. The average molecular weight is 366 g/mol. The van der Waals surface area contributed by atoms with Crippen LogP contribution in [0.1, 0.15) is 36.8 Å². The molecule has 3 nitrogen and oxygen atoms in total. The van der Waals surface area contributed by atoms with Crippen molar-refractivity contribution in [1.82, 2.24) is 4.90 Å². The van der Waals surface area contributed by atoms with Crippen LogP contribution in [0.5, 0.6) is 0 Å². The van der Waals surface area contributed by atoms with E-state index in [1.54, 1.807) is 6.26 Å². The van der Waals surface area contributed by atoms with Crippen LogP contribution >= 0.6 is 0 Å². The molecule has 0 radical (unpaired) electrons. The summed E-state index contributed by atoms with van der Waals surface area (Å²) in [4.78, 5) is 2.47. The molecule has 0 bridgehead atoms. The van der Waals surface area contributed by atoms with Gasteiger partial charge in [0.05, 0.1) is 25.1 Å². The third kappa shape index (κ3) is 6.85. The second kappa shape index (κ2) is 10.9. The van der Waals surface area contributed by atoms with Crippen LogP contribution in [0, 0.1) is 0 Å². The first kappa shape index (κ1) is 19.7. The largest absolute Gasteiger partial charge is 0.499 e. The van der Waals surface area contributed by atoms with Crippen LogP contribution in [-0.2, 0) is 22.6 Å². The lowest BCUT2D eigenvalue weighted by Gasteiger charge is -2.29. The summed E-state index contributed by atoms with van der Waals surface area (Å²) < 4.78 is 11.7. The van der Waals surface area contributed by atoms with Crippen LogP contribution < -0.4 is 0 Å². The highest BCUT2D eigenvalue weighted by molar-refractivity contribution is 5.17. The smallest absolute Gasteiger partial charge is 0.0980 e. The first-order chi connectivity index (χ1) is 13.3. The molecule has 1 saturated carbocycles. The molecule has 0 unspecified atom stereocenters. The Morgan fingerprint density at radius 1 is 0.815 bits per heavy atom. The number of ether oxygens (including phenoxy) is 2. The summed E-state index contributed by atoms with van der Waals surface area (Å²) in [6.45, 7) is 7.25. The van der Waals surface area contributed by atoms with Gasteiger partial charge in [-0.15, -0.1) is 0 Å². The van der Waals surface area contributed by atoms with Gasteiger partial charge in [-0.2, -0.15) is 0 Å². The van der Waals surface area contributed by atoms with Gasteiger partial charge >= 0.3 is 0 Å². The minimum absolute atomic E-state index is 0.329. The zero-order chi connectivity index (χ0) is 18.7. The van der Waals surface area contributed by atoms with Gasteiger partial charge in [0.25, 0.3) is 0 Å². The molecule has 2 aromatic rings. The summed E-state index contributed by atoms with van der Waals surface area (Å²) in [7, 11) is 0. The number of hydrogen-bond donors (Lipinski definition) is 0.